The Balaban J connectivity index is 0.000000671. The van der Waals surface area contributed by atoms with Gasteiger partial charge in [0, 0.05) is 0 Å². The van der Waals surface area contributed by atoms with E-state index in [-0.39, 0.29) is 6.42 Å². The van der Waals surface area contributed by atoms with Crippen LogP contribution in [-0.4, -0.2) is 30.7 Å². The van der Waals surface area contributed by atoms with E-state index in [2.05, 4.69) is 0 Å². The van der Waals surface area contributed by atoms with Crippen LogP contribution in [0.1, 0.15) is 33.1 Å². The second kappa shape index (κ2) is 5.47. The van der Waals surface area contributed by atoms with Gasteiger partial charge in [-0.2, -0.15) is 13.2 Å². The van der Waals surface area contributed by atoms with E-state index >= 15 is 0 Å². The minimum Gasteiger partial charge on any atom is -0.295 e. The van der Waals surface area contributed by atoms with Gasteiger partial charge in [-0.3, -0.25) is 4.90 Å². The highest BCUT2D eigenvalue weighted by Crippen LogP contribution is 2.30. The molecule has 1 rings (SSSR count). The standard InChI is InChI=1S/C7H12F3N.C2H6/c1-11-5-3-2-4-6(11)7(8,9)10;1-2/h6H,2-5H2,1H3;1-2H3. The third-order valence-electron chi connectivity index (χ3n) is 2.15. The average molecular weight is 197 g/mol. The first-order valence-corrected chi connectivity index (χ1v) is 4.79. The molecule has 0 aliphatic carbocycles. The molecule has 0 radical (unpaired) electrons. The Morgan fingerprint density at radius 2 is 1.69 bits per heavy atom. The molecular weight excluding hydrogens is 179 g/mol. The van der Waals surface area contributed by atoms with Crippen molar-refractivity contribution >= 4 is 0 Å². The van der Waals surface area contributed by atoms with Gasteiger partial charge >= 0.3 is 6.18 Å². The Kier molecular flexibility index (Phi) is 5.37. The molecule has 1 unspecified atom stereocenters. The number of hydrogen-bond acceptors (Lipinski definition) is 1. The van der Waals surface area contributed by atoms with E-state index in [0.717, 1.165) is 6.42 Å². The Labute approximate surface area is 77.9 Å². The van der Waals surface area contributed by atoms with Crippen LogP contribution in [0.3, 0.4) is 0 Å². The van der Waals surface area contributed by atoms with Gasteiger partial charge in [0.1, 0.15) is 6.04 Å². The molecule has 0 aromatic rings. The first-order chi connectivity index (χ1) is 6.02. The molecule has 1 saturated heterocycles. The van der Waals surface area contributed by atoms with Crippen LogP contribution in [0, 0.1) is 0 Å². The van der Waals surface area contributed by atoms with Gasteiger partial charge in [0.25, 0.3) is 0 Å². The predicted molar refractivity (Wildman–Crippen MR) is 47.7 cm³/mol. The highest BCUT2D eigenvalue weighted by atomic mass is 19.4. The molecule has 1 heterocycles. The van der Waals surface area contributed by atoms with Gasteiger partial charge in [-0.1, -0.05) is 20.3 Å². The van der Waals surface area contributed by atoms with Crippen molar-refractivity contribution in [3.8, 4) is 0 Å². The summed E-state index contributed by atoms with van der Waals surface area (Å²) in [4.78, 5) is 1.39. The molecule has 4 heteroatoms. The van der Waals surface area contributed by atoms with E-state index in [1.54, 1.807) is 0 Å². The van der Waals surface area contributed by atoms with Crippen molar-refractivity contribution in [2.75, 3.05) is 13.6 Å². The zero-order chi connectivity index (χ0) is 10.5. The molecule has 0 spiro atoms. The van der Waals surface area contributed by atoms with Crippen LogP contribution in [0.2, 0.25) is 0 Å². The van der Waals surface area contributed by atoms with Crippen LogP contribution >= 0.6 is 0 Å². The Hall–Kier alpha value is -0.250. The smallest absolute Gasteiger partial charge is 0.295 e. The molecule has 0 N–H and O–H groups in total. The third kappa shape index (κ3) is 3.98. The lowest BCUT2D eigenvalue weighted by Crippen LogP contribution is -2.46. The summed E-state index contributed by atoms with van der Waals surface area (Å²) in [6.45, 7) is 4.57. The number of halogens is 3. The molecule has 1 aliphatic rings. The summed E-state index contributed by atoms with van der Waals surface area (Å²) in [5.74, 6) is 0. The van der Waals surface area contributed by atoms with E-state index < -0.39 is 12.2 Å². The van der Waals surface area contributed by atoms with Gasteiger partial charge in [-0.05, 0) is 26.4 Å². The molecule has 0 bridgehead atoms. The van der Waals surface area contributed by atoms with Crippen molar-refractivity contribution in [3.05, 3.63) is 0 Å². The van der Waals surface area contributed by atoms with E-state index in [1.807, 2.05) is 13.8 Å². The topological polar surface area (TPSA) is 3.24 Å². The van der Waals surface area contributed by atoms with Crippen molar-refractivity contribution in [2.24, 2.45) is 0 Å². The quantitative estimate of drug-likeness (QED) is 0.577. The third-order valence-corrected chi connectivity index (χ3v) is 2.15. The van der Waals surface area contributed by atoms with Crippen LogP contribution in [0.15, 0.2) is 0 Å². The van der Waals surface area contributed by atoms with Crippen molar-refractivity contribution in [1.29, 1.82) is 0 Å². The summed E-state index contributed by atoms with van der Waals surface area (Å²) in [7, 11) is 1.54. The lowest BCUT2D eigenvalue weighted by Gasteiger charge is -2.33. The molecule has 0 aromatic carbocycles. The largest absolute Gasteiger partial charge is 0.404 e. The molecular formula is C9H18F3N. The van der Waals surface area contributed by atoms with E-state index in [1.165, 1.54) is 11.9 Å². The zero-order valence-corrected chi connectivity index (χ0v) is 8.49. The maximum absolute atomic E-state index is 12.2. The van der Waals surface area contributed by atoms with Crippen LogP contribution in [0.25, 0.3) is 0 Å². The van der Waals surface area contributed by atoms with Crippen molar-refractivity contribution < 1.29 is 13.2 Å². The number of likely N-dealkylation sites (tertiary alicyclic amines) is 1. The van der Waals surface area contributed by atoms with Crippen molar-refractivity contribution in [3.63, 3.8) is 0 Å². The van der Waals surface area contributed by atoms with Crippen molar-refractivity contribution in [2.45, 2.75) is 45.3 Å². The second-order valence-electron chi connectivity index (χ2n) is 3.03. The van der Waals surface area contributed by atoms with Crippen LogP contribution in [0.4, 0.5) is 13.2 Å². The summed E-state index contributed by atoms with van der Waals surface area (Å²) >= 11 is 0. The summed E-state index contributed by atoms with van der Waals surface area (Å²) in [5, 5.41) is 0. The lowest BCUT2D eigenvalue weighted by molar-refractivity contribution is -0.187. The zero-order valence-electron chi connectivity index (χ0n) is 8.49. The fourth-order valence-corrected chi connectivity index (χ4v) is 1.49. The first-order valence-electron chi connectivity index (χ1n) is 4.79. The van der Waals surface area contributed by atoms with Crippen LogP contribution in [-0.2, 0) is 0 Å². The average Bonchev–Trinajstić information content (AvgIpc) is 2.07. The molecule has 1 aliphatic heterocycles. The molecule has 80 valence electrons. The number of hydrogen-bond donors (Lipinski definition) is 0. The number of rotatable bonds is 0. The second-order valence-corrected chi connectivity index (χ2v) is 3.03. The SMILES string of the molecule is CC.CN1CCCCC1C(F)(F)F. The number of piperidine rings is 1. The Morgan fingerprint density at radius 3 is 2.00 bits per heavy atom. The van der Waals surface area contributed by atoms with E-state index in [0.29, 0.717) is 13.0 Å². The summed E-state index contributed by atoms with van der Waals surface area (Å²) in [6, 6.07) is -1.20. The first kappa shape index (κ1) is 12.8. The number of nitrogens with zero attached hydrogens (tertiary/aromatic N) is 1. The number of alkyl halides is 3. The molecule has 1 nitrogen and oxygen atoms in total. The van der Waals surface area contributed by atoms with Gasteiger partial charge < -0.3 is 0 Å². The Morgan fingerprint density at radius 1 is 1.15 bits per heavy atom. The maximum atomic E-state index is 12.2. The molecule has 0 aromatic heterocycles. The summed E-state index contributed by atoms with van der Waals surface area (Å²) < 4.78 is 36.5. The minimum atomic E-state index is -4.03. The van der Waals surface area contributed by atoms with E-state index in [4.69, 9.17) is 0 Å². The molecule has 1 atom stereocenters. The van der Waals surface area contributed by atoms with Gasteiger partial charge in [-0.25, -0.2) is 0 Å². The predicted octanol–water partition coefficient (Wildman–Crippen LogP) is 3.06. The summed E-state index contributed by atoms with van der Waals surface area (Å²) in [5.41, 5.74) is 0. The van der Waals surface area contributed by atoms with Gasteiger partial charge in [0.05, 0.1) is 0 Å². The highest BCUT2D eigenvalue weighted by Gasteiger charge is 2.42. The lowest BCUT2D eigenvalue weighted by atomic mass is 10.0. The van der Waals surface area contributed by atoms with Crippen LogP contribution in [0.5, 0.6) is 0 Å². The highest BCUT2D eigenvalue weighted by molar-refractivity contribution is 4.80. The Bertz CT molecular complexity index is 133. The molecule has 0 amide bonds. The normalized spacial score (nSPS) is 24.9. The van der Waals surface area contributed by atoms with Crippen molar-refractivity contribution in [1.82, 2.24) is 4.90 Å². The van der Waals surface area contributed by atoms with Gasteiger partial charge in [-0.15, -0.1) is 0 Å². The molecule has 13 heavy (non-hydrogen) atoms. The maximum Gasteiger partial charge on any atom is 0.404 e. The molecule has 0 saturated carbocycles. The van der Waals surface area contributed by atoms with E-state index in [9.17, 15) is 13.2 Å². The fraction of sp³-hybridized carbons (Fsp3) is 1.00. The summed E-state index contributed by atoms with van der Waals surface area (Å²) in [6.07, 6.45) is -2.17. The molecule has 1 fully saturated rings. The minimum absolute atomic E-state index is 0.264. The monoisotopic (exact) mass is 197 g/mol. The van der Waals surface area contributed by atoms with Gasteiger partial charge in [0.15, 0.2) is 0 Å². The van der Waals surface area contributed by atoms with Crippen LogP contribution < -0.4 is 0 Å². The fourth-order valence-electron chi connectivity index (χ4n) is 1.49. The van der Waals surface area contributed by atoms with Gasteiger partial charge in [0.2, 0.25) is 0 Å².